The van der Waals surface area contributed by atoms with E-state index in [1.165, 1.54) is 5.56 Å². The van der Waals surface area contributed by atoms with E-state index in [1.54, 1.807) is 0 Å². The summed E-state index contributed by atoms with van der Waals surface area (Å²) in [4.78, 5) is 11.7. The van der Waals surface area contributed by atoms with Gasteiger partial charge in [-0.15, -0.1) is 0 Å². The van der Waals surface area contributed by atoms with Gasteiger partial charge in [-0.3, -0.25) is 0 Å². The number of hydrogen-bond acceptors (Lipinski definition) is 6. The number of hydrogen-bond donors (Lipinski definition) is 3. The molecular formula is C33H49N5O. The minimum Gasteiger partial charge on any atom is -0.507 e. The van der Waals surface area contributed by atoms with Crippen molar-refractivity contribution >= 4 is 22.7 Å². The number of phenolic OH excluding ortho intramolecular Hbond substituents is 1. The molecule has 0 atom stereocenters. The van der Waals surface area contributed by atoms with Gasteiger partial charge in [-0.25, -0.2) is 4.98 Å². The van der Waals surface area contributed by atoms with Crippen LogP contribution in [-0.4, -0.2) is 47.8 Å². The maximum atomic E-state index is 11.0. The third kappa shape index (κ3) is 7.21. The Morgan fingerprint density at radius 2 is 1.46 bits per heavy atom. The van der Waals surface area contributed by atoms with Crippen LogP contribution in [0.1, 0.15) is 90.3 Å². The standard InChI is InChI=1S/C33H49N5O/c1-32(2,3)26-20-22(21-27(29(26)39)33(4,5)6)12-11-19-34-23-15-17-24(18-16-23)35-31-36-28-14-10-9-13-25(28)30(37-31)38(7)8/h9-10,13-14,20-21,23-24,34,39H,11-12,15-19H2,1-8H3,(H,35,36,37). The number of fused-ring (bicyclic) bond motifs is 1. The second-order valence-corrected chi connectivity index (χ2v) is 13.6. The van der Waals surface area contributed by atoms with Crippen LogP contribution in [0, 0.1) is 0 Å². The van der Waals surface area contributed by atoms with E-state index in [9.17, 15) is 5.11 Å². The van der Waals surface area contributed by atoms with Crippen molar-refractivity contribution in [1.82, 2.24) is 15.3 Å². The number of aryl methyl sites for hydroxylation is 1. The Bertz CT molecular complexity index is 1230. The normalized spacial score (nSPS) is 18.4. The van der Waals surface area contributed by atoms with E-state index >= 15 is 0 Å². The fourth-order valence-electron chi connectivity index (χ4n) is 5.67. The summed E-state index contributed by atoms with van der Waals surface area (Å²) in [5.74, 6) is 2.15. The molecule has 0 aliphatic heterocycles. The predicted molar refractivity (Wildman–Crippen MR) is 165 cm³/mol. The van der Waals surface area contributed by atoms with Gasteiger partial charge in [-0.2, -0.15) is 4.98 Å². The van der Waals surface area contributed by atoms with E-state index in [4.69, 9.17) is 9.97 Å². The smallest absolute Gasteiger partial charge is 0.225 e. The van der Waals surface area contributed by atoms with Crippen LogP contribution in [0.25, 0.3) is 10.9 Å². The van der Waals surface area contributed by atoms with E-state index in [0.717, 1.165) is 78.9 Å². The van der Waals surface area contributed by atoms with Crippen molar-refractivity contribution in [2.45, 2.75) is 103 Å². The first kappa shape index (κ1) is 29.1. The van der Waals surface area contributed by atoms with Crippen LogP contribution in [0.4, 0.5) is 11.8 Å². The molecule has 2 aromatic carbocycles. The van der Waals surface area contributed by atoms with Gasteiger partial charge in [-0.05, 0) is 84.7 Å². The molecule has 1 aliphatic rings. The largest absolute Gasteiger partial charge is 0.507 e. The summed E-state index contributed by atoms with van der Waals surface area (Å²) in [7, 11) is 4.06. The van der Waals surface area contributed by atoms with Crippen molar-refractivity contribution in [2.75, 3.05) is 30.9 Å². The summed E-state index contributed by atoms with van der Waals surface area (Å²) in [5, 5.41) is 19.5. The van der Waals surface area contributed by atoms with E-state index in [1.807, 2.05) is 26.2 Å². The third-order valence-corrected chi connectivity index (χ3v) is 7.93. The van der Waals surface area contributed by atoms with Crippen LogP contribution in [0.15, 0.2) is 36.4 Å². The van der Waals surface area contributed by atoms with Crippen LogP contribution >= 0.6 is 0 Å². The zero-order chi connectivity index (χ0) is 28.4. The van der Waals surface area contributed by atoms with Gasteiger partial charge in [0.2, 0.25) is 5.95 Å². The van der Waals surface area contributed by atoms with Crippen LogP contribution in [0.5, 0.6) is 5.75 Å². The van der Waals surface area contributed by atoms with Gasteiger partial charge in [-0.1, -0.05) is 65.8 Å². The first-order chi connectivity index (χ1) is 18.3. The van der Waals surface area contributed by atoms with Gasteiger partial charge < -0.3 is 20.6 Å². The summed E-state index contributed by atoms with van der Waals surface area (Å²) in [6.07, 6.45) is 6.67. The highest BCUT2D eigenvalue weighted by molar-refractivity contribution is 5.90. The predicted octanol–water partition coefficient (Wildman–Crippen LogP) is 6.94. The monoisotopic (exact) mass is 531 g/mol. The second-order valence-electron chi connectivity index (χ2n) is 13.6. The van der Waals surface area contributed by atoms with Gasteiger partial charge in [0.1, 0.15) is 11.6 Å². The lowest BCUT2D eigenvalue weighted by Gasteiger charge is -2.30. The van der Waals surface area contributed by atoms with E-state index in [2.05, 4.69) is 81.3 Å². The molecule has 1 saturated carbocycles. The lowest BCUT2D eigenvalue weighted by molar-refractivity contribution is 0.352. The van der Waals surface area contributed by atoms with Gasteiger partial charge >= 0.3 is 0 Å². The average Bonchev–Trinajstić information content (AvgIpc) is 2.86. The Hall–Kier alpha value is -2.86. The molecule has 3 N–H and O–H groups in total. The van der Waals surface area contributed by atoms with Gasteiger partial charge in [0.15, 0.2) is 0 Å². The number of rotatable bonds is 8. The highest BCUT2D eigenvalue weighted by Gasteiger charge is 2.27. The Balaban J connectivity index is 1.28. The highest BCUT2D eigenvalue weighted by atomic mass is 16.3. The van der Waals surface area contributed by atoms with Gasteiger partial charge in [0.25, 0.3) is 0 Å². The van der Waals surface area contributed by atoms with Crippen LogP contribution in [0.2, 0.25) is 0 Å². The van der Waals surface area contributed by atoms with Crippen LogP contribution in [-0.2, 0) is 17.3 Å². The van der Waals surface area contributed by atoms with Gasteiger partial charge in [0.05, 0.1) is 5.52 Å². The summed E-state index contributed by atoms with van der Waals surface area (Å²) in [6, 6.07) is 13.6. The molecule has 39 heavy (non-hydrogen) atoms. The molecule has 0 saturated heterocycles. The molecule has 0 bridgehead atoms. The Kier molecular flexibility index (Phi) is 8.75. The van der Waals surface area contributed by atoms with Crippen molar-refractivity contribution in [3.63, 3.8) is 0 Å². The topological polar surface area (TPSA) is 73.3 Å². The molecule has 0 amide bonds. The molecule has 4 rings (SSSR count). The molecule has 6 nitrogen and oxygen atoms in total. The molecule has 0 unspecified atom stereocenters. The Morgan fingerprint density at radius 3 is 2.05 bits per heavy atom. The first-order valence-corrected chi connectivity index (χ1v) is 14.6. The molecule has 0 radical (unpaired) electrons. The molecule has 1 aromatic heterocycles. The lowest BCUT2D eigenvalue weighted by Crippen LogP contribution is -2.37. The maximum Gasteiger partial charge on any atom is 0.225 e. The summed E-state index contributed by atoms with van der Waals surface area (Å²) in [6.45, 7) is 14.1. The molecule has 6 heteroatoms. The van der Waals surface area contributed by atoms with Crippen LogP contribution < -0.4 is 15.5 Å². The number of phenols is 1. The van der Waals surface area contributed by atoms with Crippen LogP contribution in [0.3, 0.4) is 0 Å². The molecule has 1 heterocycles. The number of aromatic hydroxyl groups is 1. The van der Waals surface area contributed by atoms with E-state index in [0.29, 0.717) is 17.8 Å². The van der Waals surface area contributed by atoms with Gasteiger partial charge in [0, 0.05) is 31.6 Å². The van der Waals surface area contributed by atoms with Crippen molar-refractivity contribution < 1.29 is 5.11 Å². The summed E-state index contributed by atoms with van der Waals surface area (Å²) in [5.41, 5.74) is 4.23. The average molecular weight is 532 g/mol. The first-order valence-electron chi connectivity index (χ1n) is 14.6. The Labute approximate surface area is 235 Å². The quantitative estimate of drug-likeness (QED) is 0.273. The number of anilines is 2. The zero-order valence-corrected chi connectivity index (χ0v) is 25.4. The number of para-hydroxylation sites is 1. The molecule has 1 fully saturated rings. The minimum atomic E-state index is -0.0864. The molecule has 3 aromatic rings. The number of aromatic nitrogens is 2. The van der Waals surface area contributed by atoms with E-state index < -0.39 is 0 Å². The van der Waals surface area contributed by atoms with Crippen molar-refractivity contribution in [3.8, 4) is 5.75 Å². The number of nitrogens with zero attached hydrogens (tertiary/aromatic N) is 3. The number of benzene rings is 2. The maximum absolute atomic E-state index is 11.0. The van der Waals surface area contributed by atoms with Crippen molar-refractivity contribution in [3.05, 3.63) is 53.1 Å². The molecule has 212 valence electrons. The minimum absolute atomic E-state index is 0.0864. The third-order valence-electron chi connectivity index (χ3n) is 7.93. The SMILES string of the molecule is CN(C)c1nc(NC2CCC(NCCCc3cc(C(C)(C)C)c(O)c(C(C)(C)C)c3)CC2)nc2ccccc12. The number of nitrogens with one attached hydrogen (secondary N) is 2. The molecule has 1 aliphatic carbocycles. The molecular weight excluding hydrogens is 482 g/mol. The summed E-state index contributed by atoms with van der Waals surface area (Å²) >= 11 is 0. The fourth-order valence-corrected chi connectivity index (χ4v) is 5.67. The Morgan fingerprint density at radius 1 is 0.872 bits per heavy atom. The van der Waals surface area contributed by atoms with Crippen molar-refractivity contribution in [2.24, 2.45) is 0 Å². The lowest BCUT2D eigenvalue weighted by atomic mass is 9.78. The molecule has 0 spiro atoms. The summed E-state index contributed by atoms with van der Waals surface area (Å²) < 4.78 is 0. The highest BCUT2D eigenvalue weighted by Crippen LogP contribution is 2.40. The second kappa shape index (κ2) is 11.7. The zero-order valence-electron chi connectivity index (χ0n) is 25.4. The van der Waals surface area contributed by atoms with E-state index in [-0.39, 0.29) is 10.8 Å². The fraction of sp³-hybridized carbons (Fsp3) is 0.576. The van der Waals surface area contributed by atoms with Crippen molar-refractivity contribution in [1.29, 1.82) is 0 Å².